The second-order valence-electron chi connectivity index (χ2n) is 8.40. The first-order valence-electron chi connectivity index (χ1n) is 8.86. The average Bonchev–Trinajstić information content (AvgIpc) is 2.44. The maximum Gasteiger partial charge on any atom is 0.328 e. The normalized spacial score (nSPS) is 41.2. The molecule has 0 amide bonds. The quantitative estimate of drug-likeness (QED) is 0.589. The summed E-state index contributed by atoms with van der Waals surface area (Å²) in [6.45, 7) is 11.1. The van der Waals surface area contributed by atoms with Gasteiger partial charge in [-0.2, -0.15) is 0 Å². The highest BCUT2D eigenvalue weighted by atomic mass is 16.4. The molecule has 0 spiro atoms. The fraction of sp³-hybridized carbons (Fsp3) is 0.750. The van der Waals surface area contributed by atoms with E-state index in [0.717, 1.165) is 24.8 Å². The van der Waals surface area contributed by atoms with E-state index in [4.69, 9.17) is 5.11 Å². The van der Waals surface area contributed by atoms with Crippen molar-refractivity contribution in [3.05, 3.63) is 23.3 Å². The molecule has 2 aliphatic carbocycles. The van der Waals surface area contributed by atoms with Crippen LogP contribution in [0.3, 0.4) is 0 Å². The predicted octanol–water partition coefficient (Wildman–Crippen LogP) is 4.57. The summed E-state index contributed by atoms with van der Waals surface area (Å²) in [5.74, 6) is 0.189. The van der Waals surface area contributed by atoms with Gasteiger partial charge in [-0.05, 0) is 68.6 Å². The first-order chi connectivity index (χ1) is 10.6. The number of aliphatic carboxylic acids is 1. The molecule has 2 N–H and O–H groups in total. The lowest BCUT2D eigenvalue weighted by Gasteiger charge is -2.58. The highest BCUT2D eigenvalue weighted by Gasteiger charge is 2.53. The molecule has 0 aliphatic heterocycles. The number of carboxylic acids is 1. The fourth-order valence-electron chi connectivity index (χ4n) is 5.05. The Labute approximate surface area is 140 Å². The molecule has 1 fully saturated rings. The Morgan fingerprint density at radius 2 is 2.09 bits per heavy atom. The van der Waals surface area contributed by atoms with E-state index in [-0.39, 0.29) is 16.9 Å². The molecule has 0 saturated heterocycles. The maximum absolute atomic E-state index is 10.9. The molecule has 2 rings (SSSR count). The zero-order chi connectivity index (χ0) is 17.4. The number of carbonyl (C=O) groups is 1. The minimum Gasteiger partial charge on any atom is -0.478 e. The van der Waals surface area contributed by atoms with Crippen molar-refractivity contribution in [3.8, 4) is 0 Å². The van der Waals surface area contributed by atoms with E-state index in [1.54, 1.807) is 0 Å². The molecular formula is C20H32O3. The number of carboxylic acid groups (broad SMARTS) is 1. The van der Waals surface area contributed by atoms with Crippen LogP contribution in [-0.2, 0) is 4.79 Å². The Morgan fingerprint density at radius 3 is 2.70 bits per heavy atom. The molecule has 5 atom stereocenters. The first kappa shape index (κ1) is 18.3. The molecule has 23 heavy (non-hydrogen) atoms. The summed E-state index contributed by atoms with van der Waals surface area (Å²) in [6, 6.07) is 0. The summed E-state index contributed by atoms with van der Waals surface area (Å²) in [6.07, 6.45) is 8.06. The third-order valence-electron chi connectivity index (χ3n) is 7.04. The van der Waals surface area contributed by atoms with E-state index in [9.17, 15) is 9.90 Å². The summed E-state index contributed by atoms with van der Waals surface area (Å²) in [4.78, 5) is 10.9. The van der Waals surface area contributed by atoms with Crippen LogP contribution in [0.1, 0.15) is 66.7 Å². The molecule has 0 aromatic rings. The van der Waals surface area contributed by atoms with Crippen molar-refractivity contribution in [1.82, 2.24) is 0 Å². The Balaban J connectivity index is 2.27. The Morgan fingerprint density at radius 1 is 1.43 bits per heavy atom. The second-order valence-corrected chi connectivity index (χ2v) is 8.40. The van der Waals surface area contributed by atoms with Crippen LogP contribution in [0, 0.1) is 22.7 Å². The molecule has 3 heteroatoms. The van der Waals surface area contributed by atoms with Gasteiger partial charge in [0, 0.05) is 6.08 Å². The first-order valence-corrected chi connectivity index (χ1v) is 8.86. The van der Waals surface area contributed by atoms with E-state index in [1.807, 2.05) is 13.0 Å². The van der Waals surface area contributed by atoms with Gasteiger partial charge in [-0.15, -0.1) is 0 Å². The number of hydrogen-bond donors (Lipinski definition) is 2. The lowest BCUT2D eigenvalue weighted by atomic mass is 9.46. The minimum atomic E-state index is -0.860. The van der Waals surface area contributed by atoms with Crippen LogP contribution >= 0.6 is 0 Å². The number of rotatable bonds is 4. The smallest absolute Gasteiger partial charge is 0.328 e. The van der Waals surface area contributed by atoms with Crippen LogP contribution in [0.25, 0.3) is 0 Å². The molecule has 0 radical (unpaired) electrons. The van der Waals surface area contributed by atoms with Crippen molar-refractivity contribution >= 4 is 5.97 Å². The molecule has 130 valence electrons. The van der Waals surface area contributed by atoms with Crippen molar-refractivity contribution in [2.24, 2.45) is 22.7 Å². The van der Waals surface area contributed by atoms with Crippen LogP contribution in [0.4, 0.5) is 0 Å². The van der Waals surface area contributed by atoms with Gasteiger partial charge < -0.3 is 10.2 Å². The van der Waals surface area contributed by atoms with Gasteiger partial charge in [-0.3, -0.25) is 0 Å². The van der Waals surface area contributed by atoms with Gasteiger partial charge in [0.05, 0.1) is 6.10 Å². The van der Waals surface area contributed by atoms with Crippen LogP contribution in [0.2, 0.25) is 0 Å². The third-order valence-corrected chi connectivity index (χ3v) is 7.04. The number of aliphatic hydroxyl groups is 1. The minimum absolute atomic E-state index is 0.136. The van der Waals surface area contributed by atoms with Crippen LogP contribution in [-0.4, -0.2) is 22.3 Å². The zero-order valence-corrected chi connectivity index (χ0v) is 15.2. The number of hydrogen-bond acceptors (Lipinski definition) is 2. The monoisotopic (exact) mass is 320 g/mol. The van der Waals surface area contributed by atoms with Crippen LogP contribution in [0.15, 0.2) is 23.3 Å². The van der Waals surface area contributed by atoms with Crippen LogP contribution in [0.5, 0.6) is 0 Å². The molecule has 2 aliphatic rings. The van der Waals surface area contributed by atoms with Crippen molar-refractivity contribution in [3.63, 3.8) is 0 Å². The summed E-state index contributed by atoms with van der Waals surface area (Å²) in [5, 5.41) is 19.2. The number of fused-ring (bicyclic) bond motifs is 1. The Hall–Kier alpha value is -1.09. The van der Waals surface area contributed by atoms with Crippen molar-refractivity contribution in [2.45, 2.75) is 72.8 Å². The SMILES string of the molecule is CC(=CC(=O)O)CCC1(C)C(C)CCC2(C)C(C)=CC(O)CC21. The summed E-state index contributed by atoms with van der Waals surface area (Å²) in [5.41, 5.74) is 2.57. The topological polar surface area (TPSA) is 57.5 Å². The molecule has 0 aromatic heterocycles. The molecule has 0 heterocycles. The highest BCUT2D eigenvalue weighted by molar-refractivity contribution is 5.80. The van der Waals surface area contributed by atoms with E-state index < -0.39 is 5.97 Å². The largest absolute Gasteiger partial charge is 0.478 e. The lowest BCUT2D eigenvalue weighted by molar-refractivity contribution is -0.131. The molecule has 5 unspecified atom stereocenters. The molecule has 3 nitrogen and oxygen atoms in total. The average molecular weight is 320 g/mol. The zero-order valence-electron chi connectivity index (χ0n) is 15.2. The molecule has 0 bridgehead atoms. The number of aliphatic hydroxyl groups excluding tert-OH is 1. The van der Waals surface area contributed by atoms with E-state index >= 15 is 0 Å². The van der Waals surface area contributed by atoms with E-state index in [0.29, 0.717) is 11.8 Å². The van der Waals surface area contributed by atoms with Crippen LogP contribution < -0.4 is 0 Å². The number of allylic oxidation sites excluding steroid dienone is 2. The Kier molecular flexibility index (Phi) is 5.10. The van der Waals surface area contributed by atoms with Gasteiger partial charge in [0.15, 0.2) is 0 Å². The summed E-state index contributed by atoms with van der Waals surface area (Å²) >= 11 is 0. The molecular weight excluding hydrogens is 288 g/mol. The second kappa shape index (κ2) is 6.43. The van der Waals surface area contributed by atoms with Gasteiger partial charge in [0.1, 0.15) is 0 Å². The van der Waals surface area contributed by atoms with Crippen molar-refractivity contribution < 1.29 is 15.0 Å². The molecule has 1 saturated carbocycles. The Bertz CT molecular complexity index is 533. The summed E-state index contributed by atoms with van der Waals surface area (Å²) in [7, 11) is 0. The standard InChI is InChI=1S/C20H32O3/c1-13(10-18(22)23)6-8-19(4)14(2)7-9-20(5)15(3)11-16(21)12-17(19)20/h10-11,14,16-17,21H,6-9,12H2,1-5H3,(H,22,23). The fourth-order valence-corrected chi connectivity index (χ4v) is 5.05. The van der Waals surface area contributed by atoms with E-state index in [2.05, 4.69) is 27.7 Å². The predicted molar refractivity (Wildman–Crippen MR) is 93.1 cm³/mol. The van der Waals surface area contributed by atoms with Crippen molar-refractivity contribution in [2.75, 3.05) is 0 Å². The van der Waals surface area contributed by atoms with E-state index in [1.165, 1.54) is 24.5 Å². The lowest BCUT2D eigenvalue weighted by Crippen LogP contribution is -2.51. The van der Waals surface area contributed by atoms with Gasteiger partial charge in [-0.1, -0.05) is 38.0 Å². The van der Waals surface area contributed by atoms with Gasteiger partial charge in [-0.25, -0.2) is 4.79 Å². The maximum atomic E-state index is 10.9. The van der Waals surface area contributed by atoms with Gasteiger partial charge in [0.2, 0.25) is 0 Å². The molecule has 0 aromatic carbocycles. The van der Waals surface area contributed by atoms with Gasteiger partial charge >= 0.3 is 5.97 Å². The van der Waals surface area contributed by atoms with Gasteiger partial charge in [0.25, 0.3) is 0 Å². The summed E-state index contributed by atoms with van der Waals surface area (Å²) < 4.78 is 0. The third kappa shape index (κ3) is 3.40. The highest BCUT2D eigenvalue weighted by Crippen LogP contribution is 2.61. The van der Waals surface area contributed by atoms with Crippen molar-refractivity contribution in [1.29, 1.82) is 0 Å².